The molecular formula is C19H24N3OS+. The molecule has 24 heavy (non-hydrogen) atoms. The number of nitrogens with zero attached hydrogens (tertiary/aromatic N) is 2. The first-order valence-electron chi connectivity index (χ1n) is 8.44. The lowest BCUT2D eigenvalue weighted by atomic mass is 10.2. The van der Waals surface area contributed by atoms with Crippen LogP contribution in [0.1, 0.15) is 16.3 Å². The van der Waals surface area contributed by atoms with E-state index in [4.69, 9.17) is 0 Å². The van der Waals surface area contributed by atoms with Crippen LogP contribution in [0.25, 0.3) is 6.08 Å². The zero-order valence-corrected chi connectivity index (χ0v) is 14.9. The minimum Gasteiger partial charge on any atom is -0.331 e. The number of thiazole rings is 1. The fourth-order valence-corrected chi connectivity index (χ4v) is 3.57. The summed E-state index contributed by atoms with van der Waals surface area (Å²) in [5.74, 6) is 0.208. The third kappa shape index (κ3) is 4.76. The highest BCUT2D eigenvalue weighted by molar-refractivity contribution is 7.09. The van der Waals surface area contributed by atoms with Crippen molar-refractivity contribution in [1.82, 2.24) is 9.88 Å². The van der Waals surface area contributed by atoms with Crippen LogP contribution in [0.2, 0.25) is 0 Å². The minimum absolute atomic E-state index is 0.208. The molecule has 1 aromatic heterocycles. The Hall–Kier alpha value is -1.98. The van der Waals surface area contributed by atoms with Gasteiger partial charge in [0, 0.05) is 5.38 Å². The summed E-state index contributed by atoms with van der Waals surface area (Å²) in [7, 11) is 0. The predicted molar refractivity (Wildman–Crippen MR) is 98.2 cm³/mol. The predicted octanol–water partition coefficient (Wildman–Crippen LogP) is 1.43. The molecule has 1 aliphatic heterocycles. The van der Waals surface area contributed by atoms with Crippen molar-refractivity contribution in [3.8, 4) is 0 Å². The van der Waals surface area contributed by atoms with E-state index in [2.05, 4.69) is 41.4 Å². The first kappa shape index (κ1) is 16.9. The Balaban J connectivity index is 1.42. The van der Waals surface area contributed by atoms with Gasteiger partial charge in [0.1, 0.15) is 0 Å². The molecule has 4 nitrogen and oxygen atoms in total. The average molecular weight is 342 g/mol. The van der Waals surface area contributed by atoms with Crippen molar-refractivity contribution in [3.05, 3.63) is 58.1 Å². The molecule has 3 rings (SSSR count). The Morgan fingerprint density at radius 1 is 1.29 bits per heavy atom. The number of hydrogen-bond acceptors (Lipinski definition) is 3. The van der Waals surface area contributed by atoms with E-state index >= 15 is 0 Å². The zero-order valence-electron chi connectivity index (χ0n) is 14.1. The van der Waals surface area contributed by atoms with Gasteiger partial charge in [0.25, 0.3) is 0 Å². The van der Waals surface area contributed by atoms with Crippen molar-refractivity contribution in [2.45, 2.75) is 13.3 Å². The molecule has 1 N–H and O–H groups in total. The number of carbonyl (C=O) groups excluding carboxylic acids is 1. The number of rotatable bonds is 5. The van der Waals surface area contributed by atoms with Crippen molar-refractivity contribution in [3.63, 3.8) is 0 Å². The van der Waals surface area contributed by atoms with Gasteiger partial charge in [-0.05, 0) is 18.6 Å². The molecule has 1 aromatic carbocycles. The van der Waals surface area contributed by atoms with Gasteiger partial charge in [-0.3, -0.25) is 4.79 Å². The van der Waals surface area contributed by atoms with E-state index in [1.54, 1.807) is 11.3 Å². The van der Waals surface area contributed by atoms with E-state index in [9.17, 15) is 4.79 Å². The number of amides is 1. The molecule has 1 amide bonds. The second-order valence-electron chi connectivity index (χ2n) is 6.18. The lowest BCUT2D eigenvalue weighted by Gasteiger charge is -2.31. The van der Waals surface area contributed by atoms with Gasteiger partial charge in [-0.2, -0.15) is 0 Å². The maximum atomic E-state index is 12.3. The minimum atomic E-state index is 0.208. The monoisotopic (exact) mass is 342 g/mol. The molecule has 1 fully saturated rings. The molecule has 5 heteroatoms. The van der Waals surface area contributed by atoms with Crippen LogP contribution in [0.5, 0.6) is 0 Å². The van der Waals surface area contributed by atoms with Gasteiger partial charge in [-0.15, -0.1) is 11.3 Å². The molecule has 1 saturated heterocycles. The second-order valence-corrected chi connectivity index (χ2v) is 7.24. The SMILES string of the molecule is Cc1nc(CC(=O)N2CC[NH+](C/C=C/c3ccccc3)CC2)cs1. The Labute approximate surface area is 147 Å². The molecule has 0 atom stereocenters. The maximum absolute atomic E-state index is 12.3. The van der Waals surface area contributed by atoms with Crippen LogP contribution >= 0.6 is 11.3 Å². The Kier molecular flexibility index (Phi) is 5.77. The highest BCUT2D eigenvalue weighted by atomic mass is 32.1. The summed E-state index contributed by atoms with van der Waals surface area (Å²) in [5, 5.41) is 3.01. The lowest BCUT2D eigenvalue weighted by Crippen LogP contribution is -3.14. The van der Waals surface area contributed by atoms with E-state index in [0.717, 1.165) is 43.4 Å². The molecule has 0 aliphatic carbocycles. The number of piperazine rings is 1. The first-order valence-corrected chi connectivity index (χ1v) is 9.32. The van der Waals surface area contributed by atoms with Crippen LogP contribution in [0.4, 0.5) is 0 Å². The van der Waals surface area contributed by atoms with Crippen LogP contribution in [0.3, 0.4) is 0 Å². The molecule has 0 spiro atoms. The van der Waals surface area contributed by atoms with E-state index in [1.165, 1.54) is 10.5 Å². The lowest BCUT2D eigenvalue weighted by molar-refractivity contribution is -0.898. The average Bonchev–Trinajstić information content (AvgIpc) is 3.01. The number of aryl methyl sites for hydroxylation is 1. The van der Waals surface area contributed by atoms with Crippen LogP contribution in [0.15, 0.2) is 41.8 Å². The largest absolute Gasteiger partial charge is 0.331 e. The highest BCUT2D eigenvalue weighted by Gasteiger charge is 2.23. The van der Waals surface area contributed by atoms with Crippen LogP contribution in [0, 0.1) is 6.92 Å². The smallest absolute Gasteiger partial charge is 0.229 e. The second kappa shape index (κ2) is 8.22. The Morgan fingerprint density at radius 3 is 2.71 bits per heavy atom. The number of carbonyl (C=O) groups is 1. The van der Waals surface area contributed by atoms with E-state index in [0.29, 0.717) is 6.42 Å². The van der Waals surface area contributed by atoms with Gasteiger partial charge in [-0.25, -0.2) is 4.98 Å². The fraction of sp³-hybridized carbons (Fsp3) is 0.368. The van der Waals surface area contributed by atoms with Gasteiger partial charge in [0.15, 0.2) is 0 Å². The molecule has 126 valence electrons. The summed E-state index contributed by atoms with van der Waals surface area (Å²) in [6, 6.07) is 10.4. The first-order chi connectivity index (χ1) is 11.7. The summed E-state index contributed by atoms with van der Waals surface area (Å²) < 4.78 is 0. The Bertz CT molecular complexity index is 688. The van der Waals surface area contributed by atoms with Crippen LogP contribution < -0.4 is 4.90 Å². The summed E-state index contributed by atoms with van der Waals surface area (Å²) >= 11 is 1.61. The number of quaternary nitrogens is 1. The summed E-state index contributed by atoms with van der Waals surface area (Å²) in [5.41, 5.74) is 2.15. The van der Waals surface area contributed by atoms with E-state index in [1.807, 2.05) is 23.3 Å². The van der Waals surface area contributed by atoms with Gasteiger partial charge < -0.3 is 9.80 Å². The molecule has 2 aromatic rings. The third-order valence-corrected chi connectivity index (χ3v) is 5.16. The molecule has 1 aliphatic rings. The van der Waals surface area contributed by atoms with Gasteiger partial charge in [-0.1, -0.05) is 36.4 Å². The quantitative estimate of drug-likeness (QED) is 0.893. The van der Waals surface area contributed by atoms with Gasteiger partial charge >= 0.3 is 0 Å². The fourth-order valence-electron chi connectivity index (χ4n) is 2.96. The standard InChI is InChI=1S/C19H23N3OS/c1-16-20-18(15-24-16)14-19(23)22-12-10-21(11-13-22)9-5-8-17-6-3-2-4-7-17/h2-8,15H,9-14H2,1H3/p+1/b8-5+. The van der Waals surface area contributed by atoms with Crippen molar-refractivity contribution in [2.24, 2.45) is 0 Å². The van der Waals surface area contributed by atoms with Gasteiger partial charge in [0.2, 0.25) is 5.91 Å². The number of aromatic nitrogens is 1. The van der Waals surface area contributed by atoms with E-state index < -0.39 is 0 Å². The van der Waals surface area contributed by atoms with Gasteiger partial charge in [0.05, 0.1) is 49.8 Å². The highest BCUT2D eigenvalue weighted by Crippen LogP contribution is 2.09. The summed E-state index contributed by atoms with van der Waals surface area (Å²) in [6.07, 6.45) is 4.85. The third-order valence-electron chi connectivity index (χ3n) is 4.34. The normalized spacial score (nSPS) is 16.0. The number of hydrogen-bond donors (Lipinski definition) is 1. The van der Waals surface area contributed by atoms with Crippen LogP contribution in [-0.4, -0.2) is 48.5 Å². The topological polar surface area (TPSA) is 37.6 Å². The van der Waals surface area contributed by atoms with E-state index in [-0.39, 0.29) is 5.91 Å². The molecule has 0 unspecified atom stereocenters. The van der Waals surface area contributed by atoms with Crippen molar-refractivity contribution in [2.75, 3.05) is 32.7 Å². The van der Waals surface area contributed by atoms with Crippen molar-refractivity contribution < 1.29 is 9.69 Å². The molecule has 0 saturated carbocycles. The maximum Gasteiger partial charge on any atom is 0.229 e. The Morgan fingerprint density at radius 2 is 2.04 bits per heavy atom. The van der Waals surface area contributed by atoms with Crippen LogP contribution in [-0.2, 0) is 11.2 Å². The number of nitrogens with one attached hydrogen (secondary N) is 1. The molecule has 2 heterocycles. The molecule has 0 radical (unpaired) electrons. The molecular weight excluding hydrogens is 318 g/mol. The summed E-state index contributed by atoms with van der Waals surface area (Å²) in [6.45, 7) is 6.71. The zero-order chi connectivity index (χ0) is 16.8. The summed E-state index contributed by atoms with van der Waals surface area (Å²) in [4.78, 5) is 20.3. The van der Waals surface area contributed by atoms with Crippen molar-refractivity contribution in [1.29, 1.82) is 0 Å². The number of benzene rings is 1. The van der Waals surface area contributed by atoms with Crippen molar-refractivity contribution >= 4 is 23.3 Å². The molecule has 0 bridgehead atoms.